The van der Waals surface area contributed by atoms with Crippen LogP contribution in [0.2, 0.25) is 0 Å². The zero-order chi connectivity index (χ0) is 18.8. The Morgan fingerprint density at radius 2 is 2.22 bits per heavy atom. The number of halogens is 1. The molecule has 0 aliphatic carbocycles. The van der Waals surface area contributed by atoms with Crippen molar-refractivity contribution in [1.29, 1.82) is 5.26 Å². The van der Waals surface area contributed by atoms with E-state index < -0.39 is 0 Å². The quantitative estimate of drug-likeness (QED) is 0.674. The van der Waals surface area contributed by atoms with Crippen molar-refractivity contribution in [2.45, 2.75) is 18.9 Å². The molecule has 1 aliphatic rings. The van der Waals surface area contributed by atoms with E-state index in [1.165, 1.54) is 13.3 Å². The second-order valence-electron chi connectivity index (χ2n) is 6.18. The molecule has 1 unspecified atom stereocenters. The number of rotatable bonds is 4. The van der Waals surface area contributed by atoms with Crippen molar-refractivity contribution in [3.05, 3.63) is 35.0 Å². The van der Waals surface area contributed by atoms with Crippen LogP contribution in [0.3, 0.4) is 0 Å². The van der Waals surface area contributed by atoms with E-state index in [1.54, 1.807) is 12.4 Å². The van der Waals surface area contributed by atoms with Gasteiger partial charge < -0.3 is 15.0 Å². The van der Waals surface area contributed by atoms with Gasteiger partial charge in [0.25, 0.3) is 0 Å². The lowest BCUT2D eigenvalue weighted by molar-refractivity contribution is 0.395. The molecular weight excluding hydrogens is 412 g/mol. The highest BCUT2D eigenvalue weighted by Gasteiger charge is 2.24. The molecule has 1 N–H and O–H groups in total. The summed E-state index contributed by atoms with van der Waals surface area (Å²) in [5.74, 6) is 1.58. The maximum absolute atomic E-state index is 9.06. The number of hydrogen-bond acceptors (Lipinski definition) is 8. The number of nitrogens with zero attached hydrogens (tertiary/aromatic N) is 7. The van der Waals surface area contributed by atoms with Crippen LogP contribution in [0.1, 0.15) is 18.4 Å². The van der Waals surface area contributed by atoms with Crippen molar-refractivity contribution in [2.24, 2.45) is 0 Å². The number of aromatic nitrogens is 5. The summed E-state index contributed by atoms with van der Waals surface area (Å²) < 4.78 is 8.02. The predicted molar refractivity (Wildman–Crippen MR) is 103 cm³/mol. The summed E-state index contributed by atoms with van der Waals surface area (Å²) in [5, 5.41) is 12.4. The number of hydrogen-bond donors (Lipinski definition) is 1. The summed E-state index contributed by atoms with van der Waals surface area (Å²) in [7, 11) is 1.49. The summed E-state index contributed by atoms with van der Waals surface area (Å²) in [6, 6.07) is 2.17. The monoisotopic (exact) mass is 428 g/mol. The Bertz CT molecular complexity index is 1010. The van der Waals surface area contributed by atoms with Gasteiger partial charge >= 0.3 is 0 Å². The molecule has 0 bridgehead atoms. The number of fused-ring (bicyclic) bond motifs is 1. The van der Waals surface area contributed by atoms with Crippen LogP contribution < -0.4 is 15.0 Å². The third kappa shape index (κ3) is 3.38. The lowest BCUT2D eigenvalue weighted by atomic mass is 10.1. The largest absolute Gasteiger partial charge is 0.480 e. The minimum atomic E-state index is 0.150. The Labute approximate surface area is 164 Å². The molecule has 0 radical (unpaired) electrons. The van der Waals surface area contributed by atoms with Gasteiger partial charge in [0, 0.05) is 31.5 Å². The highest BCUT2D eigenvalue weighted by atomic mass is 79.9. The van der Waals surface area contributed by atoms with Crippen LogP contribution in [0.15, 0.2) is 29.4 Å². The van der Waals surface area contributed by atoms with E-state index in [4.69, 9.17) is 10.00 Å². The normalized spacial score (nSPS) is 16.9. The number of piperidine rings is 1. The van der Waals surface area contributed by atoms with Gasteiger partial charge in [0.05, 0.1) is 19.5 Å². The number of anilines is 2. The number of nitrogens with one attached hydrogen (secondary N) is 1. The van der Waals surface area contributed by atoms with E-state index in [2.05, 4.69) is 46.1 Å². The van der Waals surface area contributed by atoms with Gasteiger partial charge in [-0.3, -0.25) is 4.40 Å². The van der Waals surface area contributed by atoms with Gasteiger partial charge in [-0.1, -0.05) is 0 Å². The first kappa shape index (κ1) is 17.5. The Hall–Kier alpha value is -2.93. The van der Waals surface area contributed by atoms with Crippen LogP contribution >= 0.6 is 15.9 Å². The molecular formula is C17H17BrN8O. The highest BCUT2D eigenvalue weighted by molar-refractivity contribution is 9.10. The van der Waals surface area contributed by atoms with Crippen molar-refractivity contribution in [3.8, 4) is 11.9 Å². The second kappa shape index (κ2) is 7.36. The molecule has 1 aliphatic heterocycles. The topological polar surface area (TPSA) is 104 Å². The molecule has 4 rings (SSSR count). The number of ether oxygens (including phenoxy) is 1. The van der Waals surface area contributed by atoms with Crippen LogP contribution in [-0.4, -0.2) is 50.6 Å². The van der Waals surface area contributed by atoms with Gasteiger partial charge in [-0.25, -0.2) is 15.0 Å². The molecule has 3 aromatic rings. The lowest BCUT2D eigenvalue weighted by Crippen LogP contribution is -2.43. The molecule has 138 valence electrons. The Morgan fingerprint density at radius 3 is 3.04 bits per heavy atom. The Kier molecular flexibility index (Phi) is 4.77. The zero-order valence-electron chi connectivity index (χ0n) is 14.6. The summed E-state index contributed by atoms with van der Waals surface area (Å²) in [4.78, 5) is 19.7. The maximum atomic E-state index is 9.06. The van der Waals surface area contributed by atoms with Gasteiger partial charge in [-0.15, -0.1) is 0 Å². The van der Waals surface area contributed by atoms with Crippen molar-refractivity contribution in [3.63, 3.8) is 0 Å². The fraction of sp³-hybridized carbons (Fsp3) is 0.353. The smallest absolute Gasteiger partial charge is 0.236 e. The van der Waals surface area contributed by atoms with Crippen LogP contribution in [-0.2, 0) is 0 Å². The molecule has 27 heavy (non-hydrogen) atoms. The maximum Gasteiger partial charge on any atom is 0.236 e. The van der Waals surface area contributed by atoms with E-state index in [-0.39, 0.29) is 11.9 Å². The number of nitriles is 1. The summed E-state index contributed by atoms with van der Waals surface area (Å²) >= 11 is 3.50. The molecule has 1 atom stereocenters. The molecule has 3 aromatic heterocycles. The van der Waals surface area contributed by atoms with Gasteiger partial charge in [0.15, 0.2) is 11.5 Å². The number of imidazole rings is 1. The fourth-order valence-electron chi connectivity index (χ4n) is 3.24. The second-order valence-corrected chi connectivity index (χ2v) is 7.00. The van der Waals surface area contributed by atoms with E-state index in [9.17, 15) is 0 Å². The van der Waals surface area contributed by atoms with Gasteiger partial charge in [-0.05, 0) is 28.8 Å². The molecule has 4 heterocycles. The fourth-order valence-corrected chi connectivity index (χ4v) is 3.63. The molecule has 1 fully saturated rings. The average Bonchev–Trinajstić information content (AvgIpc) is 3.09. The van der Waals surface area contributed by atoms with Gasteiger partial charge in [0.2, 0.25) is 11.8 Å². The minimum Gasteiger partial charge on any atom is -0.480 e. The highest BCUT2D eigenvalue weighted by Crippen LogP contribution is 2.25. The van der Waals surface area contributed by atoms with Crippen molar-refractivity contribution in [1.82, 2.24) is 24.3 Å². The van der Waals surface area contributed by atoms with Gasteiger partial charge in [0.1, 0.15) is 16.2 Å². The first-order valence-corrected chi connectivity index (χ1v) is 9.29. The molecule has 1 saturated heterocycles. The Morgan fingerprint density at radius 1 is 1.33 bits per heavy atom. The standard InChI is InChI=1S/C17H17BrN8O/c1-27-16-11(7-19)8-22-17(24-16)23-12-3-2-5-25(10-12)14-15-21-9-13(18)26(15)6-4-20-14/h4,6,8-9,12H,2-3,5,10H2,1H3,(H,22,23,24). The minimum absolute atomic E-state index is 0.150. The van der Waals surface area contributed by atoms with Gasteiger partial charge in [-0.2, -0.15) is 10.2 Å². The Balaban J connectivity index is 1.54. The van der Waals surface area contributed by atoms with Crippen molar-refractivity contribution in [2.75, 3.05) is 30.4 Å². The van der Waals surface area contributed by atoms with Crippen LogP contribution in [0, 0.1) is 11.3 Å². The molecule has 0 amide bonds. The first-order valence-electron chi connectivity index (χ1n) is 8.49. The molecule has 0 saturated carbocycles. The van der Waals surface area contributed by atoms with Crippen LogP contribution in [0.4, 0.5) is 11.8 Å². The lowest BCUT2D eigenvalue weighted by Gasteiger charge is -2.34. The third-order valence-electron chi connectivity index (χ3n) is 4.49. The molecule has 0 spiro atoms. The van der Waals surface area contributed by atoms with Crippen LogP contribution in [0.5, 0.6) is 5.88 Å². The zero-order valence-corrected chi connectivity index (χ0v) is 16.2. The molecule has 10 heteroatoms. The summed E-state index contributed by atoms with van der Waals surface area (Å²) in [6.07, 6.45) is 8.90. The first-order chi connectivity index (χ1) is 13.2. The van der Waals surface area contributed by atoms with E-state index >= 15 is 0 Å². The molecule has 9 nitrogen and oxygen atoms in total. The summed E-state index contributed by atoms with van der Waals surface area (Å²) in [5.41, 5.74) is 1.13. The SMILES string of the molecule is COc1nc(NC2CCCN(c3nccn4c(Br)cnc34)C2)ncc1C#N. The van der Waals surface area contributed by atoms with Crippen LogP contribution in [0.25, 0.3) is 5.65 Å². The number of methoxy groups -OCH3 is 1. The van der Waals surface area contributed by atoms with E-state index in [0.29, 0.717) is 11.5 Å². The third-order valence-corrected chi connectivity index (χ3v) is 5.07. The average molecular weight is 429 g/mol. The summed E-state index contributed by atoms with van der Waals surface area (Å²) in [6.45, 7) is 1.66. The predicted octanol–water partition coefficient (Wildman–Crippen LogP) is 2.24. The van der Waals surface area contributed by atoms with Crippen molar-refractivity contribution >= 4 is 33.3 Å². The molecule has 0 aromatic carbocycles. The van der Waals surface area contributed by atoms with Crippen molar-refractivity contribution < 1.29 is 4.74 Å². The van der Waals surface area contributed by atoms with E-state index in [0.717, 1.165) is 42.0 Å². The van der Waals surface area contributed by atoms with E-state index in [1.807, 2.05) is 16.7 Å².